The fraction of sp³-hybridized carbons (Fsp3) is 0.462. The highest BCUT2D eigenvalue weighted by atomic mass is 32.2. The molecule has 0 bridgehead atoms. The summed E-state index contributed by atoms with van der Waals surface area (Å²) in [5.74, 6) is 0.353. The Kier molecular flexibility index (Phi) is 11.0. The van der Waals surface area contributed by atoms with E-state index >= 15 is 0 Å². The summed E-state index contributed by atoms with van der Waals surface area (Å²) in [5, 5.41) is 5.70. The van der Waals surface area contributed by atoms with E-state index in [0.29, 0.717) is 11.5 Å². The molecular weight excluding hydrogens is 468 g/mol. The lowest BCUT2D eigenvalue weighted by Crippen LogP contribution is -2.35. The molecule has 0 saturated carbocycles. The van der Waals surface area contributed by atoms with Gasteiger partial charge in [-0.1, -0.05) is 26.7 Å². The van der Waals surface area contributed by atoms with E-state index < -0.39 is 9.84 Å². The van der Waals surface area contributed by atoms with Crippen LogP contribution in [0.2, 0.25) is 0 Å². The topological polar surface area (TPSA) is 111 Å². The number of hydrogen-bond acceptors (Lipinski definition) is 6. The van der Waals surface area contributed by atoms with E-state index in [1.54, 1.807) is 0 Å². The van der Waals surface area contributed by atoms with E-state index in [9.17, 15) is 18.0 Å². The van der Waals surface area contributed by atoms with Crippen LogP contribution in [-0.2, 0) is 19.4 Å². The number of ether oxygens (including phenoxy) is 2. The van der Waals surface area contributed by atoms with Gasteiger partial charge in [-0.05, 0) is 75.2 Å². The summed E-state index contributed by atoms with van der Waals surface area (Å²) in [5.41, 5.74) is 0. The Hall–Kier alpha value is -3.07. The van der Waals surface area contributed by atoms with Gasteiger partial charge in [0.1, 0.15) is 11.5 Å². The van der Waals surface area contributed by atoms with Crippen LogP contribution in [0.25, 0.3) is 0 Å². The summed E-state index contributed by atoms with van der Waals surface area (Å²) >= 11 is 0. The van der Waals surface area contributed by atoms with E-state index in [1.165, 1.54) is 48.5 Å². The van der Waals surface area contributed by atoms with Crippen LogP contribution in [0, 0.1) is 0 Å². The quantitative estimate of drug-likeness (QED) is 0.404. The molecule has 0 aromatic heterocycles. The van der Waals surface area contributed by atoms with Crippen molar-refractivity contribution in [3.63, 3.8) is 0 Å². The molecular formula is C26H36N2O6S. The molecule has 2 N–H and O–H groups in total. The molecule has 0 aliphatic rings. The summed E-state index contributed by atoms with van der Waals surface area (Å²) in [6.07, 6.45) is 3.73. The van der Waals surface area contributed by atoms with Crippen molar-refractivity contribution in [1.82, 2.24) is 10.6 Å². The minimum absolute atomic E-state index is 0.0760. The van der Waals surface area contributed by atoms with Crippen LogP contribution < -0.4 is 20.1 Å². The van der Waals surface area contributed by atoms with Gasteiger partial charge in [0.2, 0.25) is 9.84 Å². The lowest BCUT2D eigenvalue weighted by atomic mass is 10.2. The normalized spacial score (nSPS) is 12.9. The summed E-state index contributed by atoms with van der Waals surface area (Å²) < 4.78 is 36.8. The van der Waals surface area contributed by atoms with Gasteiger partial charge in [-0.25, -0.2) is 8.42 Å². The highest BCUT2D eigenvalue weighted by Crippen LogP contribution is 2.25. The zero-order chi connectivity index (χ0) is 25.8. The molecule has 8 nitrogen and oxygen atoms in total. The monoisotopic (exact) mass is 504 g/mol. The third kappa shape index (κ3) is 9.24. The average Bonchev–Trinajstić information content (AvgIpc) is 2.82. The number of carbonyl (C=O) groups excluding carboxylic acids is 2. The number of sulfone groups is 1. The molecule has 0 fully saturated rings. The molecule has 2 atom stereocenters. The van der Waals surface area contributed by atoms with Gasteiger partial charge in [-0.15, -0.1) is 0 Å². The van der Waals surface area contributed by atoms with Crippen LogP contribution in [0.4, 0.5) is 0 Å². The van der Waals surface area contributed by atoms with Crippen molar-refractivity contribution in [2.24, 2.45) is 0 Å². The van der Waals surface area contributed by atoms with Gasteiger partial charge in [-0.2, -0.15) is 0 Å². The minimum Gasteiger partial charge on any atom is -0.484 e. The summed E-state index contributed by atoms with van der Waals surface area (Å²) in [7, 11) is -3.75. The highest BCUT2D eigenvalue weighted by Gasteiger charge is 2.18. The van der Waals surface area contributed by atoms with Crippen LogP contribution in [-0.4, -0.2) is 45.5 Å². The van der Waals surface area contributed by atoms with E-state index in [1.807, 2.05) is 27.7 Å². The Morgan fingerprint density at radius 3 is 1.37 bits per heavy atom. The van der Waals surface area contributed by atoms with Crippen molar-refractivity contribution in [2.45, 2.75) is 75.3 Å². The van der Waals surface area contributed by atoms with Crippen molar-refractivity contribution in [1.29, 1.82) is 0 Å². The number of rotatable bonds is 14. The number of hydrogen-bond donors (Lipinski definition) is 2. The maximum atomic E-state index is 12.9. The van der Waals surface area contributed by atoms with Crippen molar-refractivity contribution < 1.29 is 27.5 Å². The SMILES string of the molecule is CCC[C@@H](C)NC(=O)COc1ccc(S(=O)(=O)c2ccc(OCC(=O)N[C@H](C)CCC)cc2)cc1. The zero-order valence-corrected chi connectivity index (χ0v) is 21.7. The molecule has 2 aromatic carbocycles. The third-order valence-electron chi connectivity index (χ3n) is 5.27. The first-order chi connectivity index (χ1) is 16.6. The second-order valence-corrected chi connectivity index (χ2v) is 10.5. The van der Waals surface area contributed by atoms with Crippen LogP contribution in [0.5, 0.6) is 11.5 Å². The van der Waals surface area contributed by atoms with E-state index in [2.05, 4.69) is 10.6 Å². The van der Waals surface area contributed by atoms with E-state index in [0.717, 1.165) is 25.7 Å². The maximum absolute atomic E-state index is 12.9. The van der Waals surface area contributed by atoms with Gasteiger partial charge in [0, 0.05) is 12.1 Å². The fourth-order valence-corrected chi connectivity index (χ4v) is 4.77. The Morgan fingerprint density at radius 2 is 1.06 bits per heavy atom. The Balaban J connectivity index is 1.92. The predicted molar refractivity (Wildman–Crippen MR) is 134 cm³/mol. The third-order valence-corrected chi connectivity index (χ3v) is 7.05. The maximum Gasteiger partial charge on any atom is 0.258 e. The number of amides is 2. The molecule has 0 spiro atoms. The largest absolute Gasteiger partial charge is 0.484 e. The first kappa shape index (κ1) is 28.2. The van der Waals surface area contributed by atoms with E-state index in [-0.39, 0.29) is 46.9 Å². The van der Waals surface area contributed by atoms with Gasteiger partial charge < -0.3 is 20.1 Å². The molecule has 0 aliphatic heterocycles. The molecule has 0 unspecified atom stereocenters. The molecule has 0 radical (unpaired) electrons. The molecule has 9 heteroatoms. The van der Waals surface area contributed by atoms with Gasteiger partial charge in [0.15, 0.2) is 13.2 Å². The molecule has 35 heavy (non-hydrogen) atoms. The van der Waals surface area contributed by atoms with Gasteiger partial charge >= 0.3 is 0 Å². The Morgan fingerprint density at radius 1 is 0.714 bits per heavy atom. The Bertz CT molecular complexity index is 973. The molecule has 2 amide bonds. The van der Waals surface area contributed by atoms with Gasteiger partial charge in [-0.3, -0.25) is 9.59 Å². The number of nitrogens with one attached hydrogen (secondary N) is 2. The smallest absolute Gasteiger partial charge is 0.258 e. The van der Waals surface area contributed by atoms with Crippen molar-refractivity contribution in [3.8, 4) is 11.5 Å². The van der Waals surface area contributed by atoms with Crippen LogP contribution >= 0.6 is 0 Å². The lowest BCUT2D eigenvalue weighted by Gasteiger charge is -2.13. The summed E-state index contributed by atoms with van der Waals surface area (Å²) in [6.45, 7) is 7.69. The predicted octanol–water partition coefficient (Wildman–Crippen LogP) is 3.89. The molecule has 0 heterocycles. The summed E-state index contributed by atoms with van der Waals surface area (Å²) in [6, 6.07) is 12.0. The first-order valence-corrected chi connectivity index (χ1v) is 13.4. The van der Waals surface area contributed by atoms with Gasteiger partial charge in [0.25, 0.3) is 11.8 Å². The number of benzene rings is 2. The van der Waals surface area contributed by atoms with Crippen LogP contribution in [0.3, 0.4) is 0 Å². The average molecular weight is 505 g/mol. The van der Waals surface area contributed by atoms with Gasteiger partial charge in [0.05, 0.1) is 9.79 Å². The lowest BCUT2D eigenvalue weighted by molar-refractivity contribution is -0.124. The van der Waals surface area contributed by atoms with Crippen molar-refractivity contribution in [3.05, 3.63) is 48.5 Å². The molecule has 2 rings (SSSR count). The standard InChI is InChI=1S/C26H36N2O6S/c1-5-7-19(3)27-25(29)17-33-21-9-13-23(14-10-21)35(31,32)24-15-11-22(12-16-24)34-18-26(30)28-20(4)8-6-2/h9-16,19-20H,5-8,17-18H2,1-4H3,(H,27,29)(H,28,30)/t19-,20-/m1/s1. The van der Waals surface area contributed by atoms with Crippen molar-refractivity contribution in [2.75, 3.05) is 13.2 Å². The molecule has 0 aliphatic carbocycles. The first-order valence-electron chi connectivity index (χ1n) is 11.9. The van der Waals surface area contributed by atoms with Crippen LogP contribution in [0.1, 0.15) is 53.4 Å². The number of carbonyl (C=O) groups is 2. The Labute approximate surface area is 208 Å². The molecule has 2 aromatic rings. The fourth-order valence-electron chi connectivity index (χ4n) is 3.51. The summed E-state index contributed by atoms with van der Waals surface area (Å²) in [4.78, 5) is 24.1. The second kappa shape index (κ2) is 13.7. The van der Waals surface area contributed by atoms with Crippen LogP contribution in [0.15, 0.2) is 58.3 Å². The van der Waals surface area contributed by atoms with Crippen molar-refractivity contribution >= 4 is 21.7 Å². The molecule has 0 saturated heterocycles. The minimum atomic E-state index is -3.75. The molecule has 192 valence electrons. The highest BCUT2D eigenvalue weighted by molar-refractivity contribution is 7.91. The van der Waals surface area contributed by atoms with E-state index in [4.69, 9.17) is 9.47 Å². The zero-order valence-electron chi connectivity index (χ0n) is 20.9. The second-order valence-electron chi connectivity index (χ2n) is 8.54.